The van der Waals surface area contributed by atoms with Crippen LogP contribution in [0.1, 0.15) is 51.0 Å². The first kappa shape index (κ1) is 12.0. The van der Waals surface area contributed by atoms with Gasteiger partial charge in [-0.15, -0.1) is 0 Å². The summed E-state index contributed by atoms with van der Waals surface area (Å²) in [5.41, 5.74) is 0.822. The standard InChI is InChI=1S/C12H21NO2/c1-2-3-4-5-6-7-8-10-9-11(14)13-12(10)15/h9,13-15H,2-8H2,1H3. The molecule has 0 atom stereocenters. The van der Waals surface area contributed by atoms with E-state index >= 15 is 0 Å². The Balaban J connectivity index is 2.12. The van der Waals surface area contributed by atoms with Gasteiger partial charge in [-0.05, 0) is 12.8 Å². The van der Waals surface area contributed by atoms with E-state index in [2.05, 4.69) is 11.9 Å². The number of H-pyrrole nitrogens is 1. The Bertz CT molecular complexity index is 281. The molecule has 0 aliphatic heterocycles. The van der Waals surface area contributed by atoms with E-state index in [1.165, 1.54) is 32.1 Å². The molecule has 3 heteroatoms. The summed E-state index contributed by atoms with van der Waals surface area (Å²) in [6.45, 7) is 2.21. The molecule has 1 heterocycles. The number of nitrogens with one attached hydrogen (secondary N) is 1. The summed E-state index contributed by atoms with van der Waals surface area (Å²) < 4.78 is 0. The molecular formula is C12H21NO2. The predicted molar refractivity (Wildman–Crippen MR) is 61.2 cm³/mol. The molecule has 0 amide bonds. The number of aromatic nitrogens is 1. The highest BCUT2D eigenvalue weighted by Gasteiger charge is 2.05. The fourth-order valence-electron chi connectivity index (χ4n) is 1.76. The van der Waals surface area contributed by atoms with E-state index in [-0.39, 0.29) is 11.8 Å². The van der Waals surface area contributed by atoms with Gasteiger partial charge < -0.3 is 10.2 Å². The van der Waals surface area contributed by atoms with Crippen LogP contribution in [0, 0.1) is 0 Å². The Morgan fingerprint density at radius 2 is 1.73 bits per heavy atom. The number of unbranched alkanes of at least 4 members (excludes halogenated alkanes) is 5. The van der Waals surface area contributed by atoms with E-state index in [4.69, 9.17) is 5.11 Å². The first-order valence-corrected chi connectivity index (χ1v) is 5.84. The molecular weight excluding hydrogens is 190 g/mol. The number of aryl methyl sites for hydroxylation is 1. The van der Waals surface area contributed by atoms with Crippen molar-refractivity contribution >= 4 is 0 Å². The van der Waals surface area contributed by atoms with Gasteiger partial charge in [0.2, 0.25) is 0 Å². The SMILES string of the molecule is CCCCCCCCc1cc(O)[nH]c1O. The third kappa shape index (κ3) is 4.28. The van der Waals surface area contributed by atoms with Crippen LogP contribution in [0.5, 0.6) is 11.8 Å². The summed E-state index contributed by atoms with van der Waals surface area (Å²) in [4.78, 5) is 2.48. The zero-order valence-corrected chi connectivity index (χ0v) is 9.42. The van der Waals surface area contributed by atoms with Gasteiger partial charge in [0.1, 0.15) is 0 Å². The predicted octanol–water partition coefficient (Wildman–Crippen LogP) is 3.33. The highest BCUT2D eigenvalue weighted by molar-refractivity contribution is 5.32. The van der Waals surface area contributed by atoms with Gasteiger partial charge in [-0.2, -0.15) is 0 Å². The van der Waals surface area contributed by atoms with Gasteiger partial charge in [0.15, 0.2) is 11.8 Å². The molecule has 0 saturated carbocycles. The third-order valence-corrected chi connectivity index (χ3v) is 2.66. The quantitative estimate of drug-likeness (QED) is 0.606. The largest absolute Gasteiger partial charge is 0.495 e. The summed E-state index contributed by atoms with van der Waals surface area (Å²) in [6.07, 6.45) is 8.28. The van der Waals surface area contributed by atoms with Crippen molar-refractivity contribution in [2.75, 3.05) is 0 Å². The van der Waals surface area contributed by atoms with Crippen molar-refractivity contribution in [1.29, 1.82) is 0 Å². The second kappa shape index (κ2) is 6.38. The number of aromatic amines is 1. The topological polar surface area (TPSA) is 56.2 Å². The first-order chi connectivity index (χ1) is 7.24. The lowest BCUT2D eigenvalue weighted by Gasteiger charge is -2.00. The molecule has 1 aromatic heterocycles. The lowest BCUT2D eigenvalue weighted by atomic mass is 10.1. The van der Waals surface area contributed by atoms with E-state index in [0.717, 1.165) is 18.4 Å². The second-order valence-electron chi connectivity index (χ2n) is 4.05. The summed E-state index contributed by atoms with van der Waals surface area (Å²) in [7, 11) is 0. The summed E-state index contributed by atoms with van der Waals surface area (Å²) in [6, 6.07) is 1.60. The zero-order valence-electron chi connectivity index (χ0n) is 9.42. The molecule has 0 bridgehead atoms. The molecule has 3 nitrogen and oxygen atoms in total. The number of aromatic hydroxyl groups is 2. The van der Waals surface area contributed by atoms with Crippen LogP contribution >= 0.6 is 0 Å². The van der Waals surface area contributed by atoms with Crippen molar-refractivity contribution < 1.29 is 10.2 Å². The van der Waals surface area contributed by atoms with E-state index < -0.39 is 0 Å². The highest BCUT2D eigenvalue weighted by Crippen LogP contribution is 2.23. The molecule has 0 saturated heterocycles. The molecule has 0 unspecified atom stereocenters. The normalized spacial score (nSPS) is 10.7. The molecule has 86 valence electrons. The van der Waals surface area contributed by atoms with Crippen LogP contribution in [0.4, 0.5) is 0 Å². The van der Waals surface area contributed by atoms with Crippen LogP contribution in [0.3, 0.4) is 0 Å². The van der Waals surface area contributed by atoms with Crippen molar-refractivity contribution in [3.63, 3.8) is 0 Å². The lowest BCUT2D eigenvalue weighted by molar-refractivity contribution is 0.422. The fourth-order valence-corrected chi connectivity index (χ4v) is 1.76. The Morgan fingerprint density at radius 3 is 2.33 bits per heavy atom. The van der Waals surface area contributed by atoms with Gasteiger partial charge in [-0.1, -0.05) is 39.0 Å². The molecule has 0 spiro atoms. The Hall–Kier alpha value is -1.12. The summed E-state index contributed by atoms with van der Waals surface area (Å²) in [5.74, 6) is 0.162. The van der Waals surface area contributed by atoms with Gasteiger partial charge in [-0.3, -0.25) is 4.98 Å². The molecule has 0 aliphatic rings. The molecule has 1 aromatic rings. The van der Waals surface area contributed by atoms with Crippen molar-refractivity contribution in [1.82, 2.24) is 4.98 Å². The van der Waals surface area contributed by atoms with Crippen molar-refractivity contribution in [3.8, 4) is 11.8 Å². The lowest BCUT2D eigenvalue weighted by Crippen LogP contribution is -1.84. The van der Waals surface area contributed by atoms with Crippen molar-refractivity contribution in [2.45, 2.75) is 51.9 Å². The van der Waals surface area contributed by atoms with Crippen molar-refractivity contribution in [3.05, 3.63) is 11.6 Å². The third-order valence-electron chi connectivity index (χ3n) is 2.66. The van der Waals surface area contributed by atoms with Crippen LogP contribution in [-0.2, 0) is 6.42 Å². The maximum absolute atomic E-state index is 9.36. The second-order valence-corrected chi connectivity index (χ2v) is 4.05. The van der Waals surface area contributed by atoms with E-state index in [9.17, 15) is 5.11 Å². The monoisotopic (exact) mass is 211 g/mol. The van der Waals surface area contributed by atoms with Crippen LogP contribution in [0.15, 0.2) is 6.07 Å². The Morgan fingerprint density at radius 1 is 1.07 bits per heavy atom. The average molecular weight is 211 g/mol. The zero-order chi connectivity index (χ0) is 11.1. The van der Waals surface area contributed by atoms with Gasteiger partial charge in [0.25, 0.3) is 0 Å². The number of rotatable bonds is 7. The van der Waals surface area contributed by atoms with E-state index in [1.807, 2.05) is 0 Å². The minimum absolute atomic E-state index is 0.0495. The van der Waals surface area contributed by atoms with Gasteiger partial charge in [-0.25, -0.2) is 0 Å². The smallest absolute Gasteiger partial charge is 0.194 e. The number of hydrogen-bond donors (Lipinski definition) is 3. The van der Waals surface area contributed by atoms with Gasteiger partial charge in [0, 0.05) is 11.6 Å². The van der Waals surface area contributed by atoms with E-state index in [0.29, 0.717) is 0 Å². The minimum Gasteiger partial charge on any atom is -0.495 e. The summed E-state index contributed by atoms with van der Waals surface area (Å²) in [5, 5.41) is 18.4. The Kier molecular flexibility index (Phi) is 5.08. The first-order valence-electron chi connectivity index (χ1n) is 5.84. The van der Waals surface area contributed by atoms with Gasteiger partial charge >= 0.3 is 0 Å². The highest BCUT2D eigenvalue weighted by atomic mass is 16.3. The van der Waals surface area contributed by atoms with Gasteiger partial charge in [0.05, 0.1) is 0 Å². The molecule has 0 aliphatic carbocycles. The van der Waals surface area contributed by atoms with Crippen LogP contribution in [0.25, 0.3) is 0 Å². The van der Waals surface area contributed by atoms with E-state index in [1.54, 1.807) is 6.07 Å². The summed E-state index contributed by atoms with van der Waals surface area (Å²) >= 11 is 0. The van der Waals surface area contributed by atoms with Crippen LogP contribution < -0.4 is 0 Å². The fraction of sp³-hybridized carbons (Fsp3) is 0.667. The van der Waals surface area contributed by atoms with Crippen molar-refractivity contribution in [2.24, 2.45) is 0 Å². The number of hydrogen-bond acceptors (Lipinski definition) is 2. The Labute approximate surface area is 91.1 Å². The molecule has 0 radical (unpaired) electrons. The minimum atomic E-state index is 0.0495. The maximum Gasteiger partial charge on any atom is 0.194 e. The van der Waals surface area contributed by atoms with Crippen LogP contribution in [0.2, 0.25) is 0 Å². The molecule has 0 fully saturated rings. The maximum atomic E-state index is 9.36. The average Bonchev–Trinajstić information content (AvgIpc) is 2.51. The molecule has 3 N–H and O–H groups in total. The molecule has 1 rings (SSSR count). The molecule has 0 aromatic carbocycles. The van der Waals surface area contributed by atoms with Crippen LogP contribution in [-0.4, -0.2) is 15.2 Å². The molecule has 15 heavy (non-hydrogen) atoms.